The van der Waals surface area contributed by atoms with E-state index in [1.54, 1.807) is 19.2 Å². The predicted molar refractivity (Wildman–Crippen MR) is 113 cm³/mol. The van der Waals surface area contributed by atoms with Gasteiger partial charge in [-0.25, -0.2) is 14.6 Å². The molecule has 0 aliphatic rings. The number of aryl methyl sites for hydroxylation is 1. The van der Waals surface area contributed by atoms with Crippen molar-refractivity contribution in [3.63, 3.8) is 0 Å². The summed E-state index contributed by atoms with van der Waals surface area (Å²) in [7, 11) is 2.88. The van der Waals surface area contributed by atoms with Gasteiger partial charge in [-0.15, -0.1) is 0 Å². The fraction of sp³-hybridized carbons (Fsp3) is 0.174. The second-order valence-corrected chi connectivity index (χ2v) is 6.23. The molecule has 0 unspecified atom stereocenters. The van der Waals surface area contributed by atoms with E-state index in [1.807, 2.05) is 61.5 Å². The van der Waals surface area contributed by atoms with E-state index in [9.17, 15) is 9.59 Å². The van der Waals surface area contributed by atoms with Crippen LogP contribution in [0.15, 0.2) is 66.7 Å². The quantitative estimate of drug-likeness (QED) is 0.637. The smallest absolute Gasteiger partial charge is 0.404 e. The number of benzene rings is 2. The van der Waals surface area contributed by atoms with E-state index in [-0.39, 0.29) is 12.3 Å². The van der Waals surface area contributed by atoms with Crippen molar-refractivity contribution in [2.75, 3.05) is 14.2 Å². The Kier molecular flexibility index (Phi) is 8.38. The number of carbonyl (C=O) groups is 2. The molecule has 2 N–H and O–H groups in total. The number of amides is 1. The van der Waals surface area contributed by atoms with Crippen molar-refractivity contribution in [3.05, 3.63) is 83.6 Å². The molecule has 0 aliphatic heterocycles. The highest BCUT2D eigenvalue weighted by Crippen LogP contribution is 2.23. The van der Waals surface area contributed by atoms with Crippen molar-refractivity contribution >= 4 is 12.1 Å². The van der Waals surface area contributed by atoms with Crippen molar-refractivity contribution in [1.29, 1.82) is 0 Å². The molecule has 30 heavy (non-hydrogen) atoms. The lowest BCUT2D eigenvalue weighted by atomic mass is 10.1. The monoisotopic (exact) mass is 408 g/mol. The van der Waals surface area contributed by atoms with Gasteiger partial charge in [0.2, 0.25) is 0 Å². The molecule has 3 aromatic rings. The summed E-state index contributed by atoms with van der Waals surface area (Å²) in [5, 5.41) is 0. The van der Waals surface area contributed by atoms with Gasteiger partial charge in [-0.05, 0) is 12.5 Å². The fourth-order valence-electron chi connectivity index (χ4n) is 2.43. The number of methoxy groups -OCH3 is 2. The Balaban J connectivity index is 0.000000248. The van der Waals surface area contributed by atoms with Crippen molar-refractivity contribution < 1.29 is 23.8 Å². The molecule has 0 saturated carbocycles. The van der Waals surface area contributed by atoms with Gasteiger partial charge in [0.25, 0.3) is 0 Å². The second-order valence-electron chi connectivity index (χ2n) is 6.23. The third kappa shape index (κ3) is 6.94. The average Bonchev–Trinajstić information content (AvgIpc) is 2.78. The predicted octanol–water partition coefficient (Wildman–Crippen LogP) is 4.13. The first-order valence-electron chi connectivity index (χ1n) is 9.10. The molecular formula is C23H24N2O5. The lowest BCUT2D eigenvalue weighted by Crippen LogP contribution is -2.12. The number of hydrogen-bond acceptors (Lipinski definition) is 6. The van der Waals surface area contributed by atoms with Crippen molar-refractivity contribution in [1.82, 2.24) is 4.98 Å². The van der Waals surface area contributed by atoms with E-state index in [0.29, 0.717) is 11.4 Å². The van der Waals surface area contributed by atoms with E-state index in [1.165, 1.54) is 12.7 Å². The average molecular weight is 408 g/mol. The lowest BCUT2D eigenvalue weighted by molar-refractivity contribution is 0.0593. The van der Waals surface area contributed by atoms with Crippen molar-refractivity contribution in [2.24, 2.45) is 5.73 Å². The SMILES string of the molecule is COC(=O)c1cc(OC)cc(-c2ccc(C)cc2)n1.NC(=O)OCc1ccccc1. The van der Waals surface area contributed by atoms with E-state index in [0.717, 1.165) is 11.1 Å². The molecule has 0 saturated heterocycles. The summed E-state index contributed by atoms with van der Waals surface area (Å²) in [4.78, 5) is 26.0. The van der Waals surface area contributed by atoms with Gasteiger partial charge in [0.05, 0.1) is 19.9 Å². The number of hydrogen-bond donors (Lipinski definition) is 1. The van der Waals surface area contributed by atoms with Crippen LogP contribution in [0.3, 0.4) is 0 Å². The molecular weight excluding hydrogens is 384 g/mol. The van der Waals surface area contributed by atoms with Crippen LogP contribution in [0.5, 0.6) is 5.75 Å². The molecule has 0 atom stereocenters. The Morgan fingerprint density at radius 3 is 2.20 bits per heavy atom. The van der Waals surface area contributed by atoms with Gasteiger partial charge >= 0.3 is 12.1 Å². The van der Waals surface area contributed by atoms with Gasteiger partial charge in [-0.3, -0.25) is 0 Å². The van der Waals surface area contributed by atoms with E-state index < -0.39 is 12.1 Å². The Morgan fingerprint density at radius 2 is 1.63 bits per heavy atom. The molecule has 0 fully saturated rings. The number of carbonyl (C=O) groups excluding carboxylic acids is 2. The maximum absolute atomic E-state index is 11.6. The molecule has 2 aromatic carbocycles. The lowest BCUT2D eigenvalue weighted by Gasteiger charge is -2.07. The molecule has 1 heterocycles. The van der Waals surface area contributed by atoms with Crippen LogP contribution in [0.2, 0.25) is 0 Å². The molecule has 7 nitrogen and oxygen atoms in total. The van der Waals surface area contributed by atoms with Gasteiger partial charge in [0.1, 0.15) is 12.4 Å². The van der Waals surface area contributed by atoms with Crippen LogP contribution in [-0.4, -0.2) is 31.3 Å². The largest absolute Gasteiger partial charge is 0.497 e. The van der Waals surface area contributed by atoms with E-state index >= 15 is 0 Å². The zero-order valence-electron chi connectivity index (χ0n) is 17.1. The molecule has 1 amide bonds. The number of nitrogens with two attached hydrogens (primary N) is 1. The van der Waals surface area contributed by atoms with Gasteiger partial charge in [0, 0.05) is 17.7 Å². The summed E-state index contributed by atoms with van der Waals surface area (Å²) in [6, 6.07) is 20.6. The number of pyridine rings is 1. The number of primary amides is 1. The highest BCUT2D eigenvalue weighted by atomic mass is 16.5. The molecule has 156 valence electrons. The maximum Gasteiger partial charge on any atom is 0.404 e. The summed E-state index contributed by atoms with van der Waals surface area (Å²) in [5.74, 6) is 0.0956. The fourth-order valence-corrected chi connectivity index (χ4v) is 2.43. The number of esters is 1. The second kappa shape index (κ2) is 11.2. The van der Waals surface area contributed by atoms with E-state index in [4.69, 9.17) is 10.5 Å². The normalized spacial score (nSPS) is 9.70. The molecule has 7 heteroatoms. The van der Waals surface area contributed by atoms with Gasteiger partial charge in [0.15, 0.2) is 5.69 Å². The molecule has 0 spiro atoms. The summed E-state index contributed by atoms with van der Waals surface area (Å²) in [6.07, 6.45) is -0.742. The maximum atomic E-state index is 11.6. The first-order chi connectivity index (χ1) is 14.4. The minimum Gasteiger partial charge on any atom is -0.497 e. The minimum atomic E-state index is -0.742. The molecule has 1 aromatic heterocycles. The van der Waals surface area contributed by atoms with Crippen LogP contribution < -0.4 is 10.5 Å². The molecule has 3 rings (SSSR count). The Labute approximate surface area is 175 Å². The molecule has 0 bridgehead atoms. The molecule has 0 radical (unpaired) electrons. The highest BCUT2D eigenvalue weighted by Gasteiger charge is 2.12. The summed E-state index contributed by atoms with van der Waals surface area (Å²) >= 11 is 0. The Morgan fingerprint density at radius 1 is 0.967 bits per heavy atom. The highest BCUT2D eigenvalue weighted by molar-refractivity contribution is 5.88. The van der Waals surface area contributed by atoms with Crippen LogP contribution in [0.25, 0.3) is 11.3 Å². The number of ether oxygens (including phenoxy) is 3. The van der Waals surface area contributed by atoms with Crippen LogP contribution >= 0.6 is 0 Å². The van der Waals surface area contributed by atoms with Gasteiger partial charge in [-0.1, -0.05) is 60.2 Å². The van der Waals surface area contributed by atoms with Gasteiger partial charge in [-0.2, -0.15) is 0 Å². The first-order valence-corrected chi connectivity index (χ1v) is 9.10. The standard InChI is InChI=1S/C15H15NO3.C8H9NO2/c1-10-4-6-11(7-5-10)13-8-12(18-2)9-14(16-13)15(17)19-3;9-8(10)11-6-7-4-2-1-3-5-7/h4-9H,1-3H3;1-5H,6H2,(H2,9,10). The first kappa shape index (κ1) is 22.4. The minimum absolute atomic E-state index is 0.234. The number of aromatic nitrogens is 1. The van der Waals surface area contributed by atoms with Crippen molar-refractivity contribution in [3.8, 4) is 17.0 Å². The summed E-state index contributed by atoms with van der Waals surface area (Å²) in [6.45, 7) is 2.26. The van der Waals surface area contributed by atoms with Crippen molar-refractivity contribution in [2.45, 2.75) is 13.5 Å². The zero-order chi connectivity index (χ0) is 21.9. The zero-order valence-corrected chi connectivity index (χ0v) is 17.1. The third-order valence-corrected chi connectivity index (χ3v) is 4.00. The third-order valence-electron chi connectivity index (χ3n) is 4.00. The number of rotatable bonds is 5. The summed E-state index contributed by atoms with van der Waals surface area (Å²) < 4.78 is 14.4. The Bertz CT molecular complexity index is 973. The Hall–Kier alpha value is -3.87. The van der Waals surface area contributed by atoms with Crippen LogP contribution in [0, 0.1) is 6.92 Å². The summed E-state index contributed by atoms with van der Waals surface area (Å²) in [5.41, 5.74) is 8.72. The molecule has 0 aliphatic carbocycles. The topological polar surface area (TPSA) is 101 Å². The van der Waals surface area contributed by atoms with Gasteiger partial charge < -0.3 is 19.9 Å². The van der Waals surface area contributed by atoms with Crippen LogP contribution in [0.4, 0.5) is 4.79 Å². The van der Waals surface area contributed by atoms with E-state index in [2.05, 4.69) is 14.5 Å². The van der Waals surface area contributed by atoms with Crippen LogP contribution in [0.1, 0.15) is 21.6 Å². The number of nitrogens with zero attached hydrogens (tertiary/aromatic N) is 1. The van der Waals surface area contributed by atoms with Crippen LogP contribution in [-0.2, 0) is 16.1 Å².